The van der Waals surface area contributed by atoms with Crippen LogP contribution in [0.4, 0.5) is 5.69 Å². The van der Waals surface area contributed by atoms with Crippen LogP contribution in [0.25, 0.3) is 6.08 Å². The lowest BCUT2D eigenvalue weighted by Gasteiger charge is -2.23. The van der Waals surface area contributed by atoms with Gasteiger partial charge in [0.05, 0.1) is 34.4 Å². The molecular formula is C22H19N3O6S2. The topological polar surface area (TPSA) is 113 Å². The zero-order valence-electron chi connectivity index (χ0n) is 17.9. The van der Waals surface area contributed by atoms with Gasteiger partial charge in [0, 0.05) is 22.6 Å². The maximum absolute atomic E-state index is 13.5. The van der Waals surface area contributed by atoms with Crippen molar-refractivity contribution in [2.75, 3.05) is 13.7 Å². The summed E-state index contributed by atoms with van der Waals surface area (Å²) in [4.78, 5) is 42.7. The molecule has 11 heteroatoms. The predicted molar refractivity (Wildman–Crippen MR) is 124 cm³/mol. The molecule has 1 aromatic carbocycles. The van der Waals surface area contributed by atoms with Crippen LogP contribution in [-0.4, -0.2) is 29.2 Å². The molecule has 0 N–H and O–H groups in total. The number of nitro benzene ring substituents is 1. The Bertz CT molecular complexity index is 1450. The second-order valence-corrected chi connectivity index (χ2v) is 8.99. The maximum atomic E-state index is 13.5. The molecule has 170 valence electrons. The zero-order valence-corrected chi connectivity index (χ0v) is 19.6. The van der Waals surface area contributed by atoms with Gasteiger partial charge in [-0.05, 0) is 37.4 Å². The molecule has 0 aliphatic carbocycles. The molecule has 3 heterocycles. The van der Waals surface area contributed by atoms with E-state index in [4.69, 9.17) is 9.47 Å². The number of hydrogen-bond donors (Lipinski definition) is 0. The summed E-state index contributed by atoms with van der Waals surface area (Å²) in [5.74, 6) is -0.128. The van der Waals surface area contributed by atoms with Crippen molar-refractivity contribution in [1.29, 1.82) is 0 Å². The molecule has 1 aliphatic rings. The van der Waals surface area contributed by atoms with Crippen molar-refractivity contribution in [3.8, 4) is 5.75 Å². The van der Waals surface area contributed by atoms with Gasteiger partial charge in [-0.3, -0.25) is 19.5 Å². The number of methoxy groups -OCH3 is 1. The third-order valence-electron chi connectivity index (χ3n) is 5.04. The molecule has 4 rings (SSSR count). The minimum atomic E-state index is -0.672. The number of thiophene rings is 1. The first kappa shape index (κ1) is 22.6. The molecule has 0 spiro atoms. The van der Waals surface area contributed by atoms with Crippen molar-refractivity contribution >= 4 is 40.4 Å². The normalized spacial score (nSPS) is 15.7. The predicted octanol–water partition coefficient (Wildman–Crippen LogP) is 2.78. The Hall–Kier alpha value is -3.57. The first-order valence-corrected chi connectivity index (χ1v) is 11.6. The molecule has 0 radical (unpaired) electrons. The van der Waals surface area contributed by atoms with E-state index in [1.165, 1.54) is 41.2 Å². The van der Waals surface area contributed by atoms with Crippen LogP contribution in [0.5, 0.6) is 5.75 Å². The summed E-state index contributed by atoms with van der Waals surface area (Å²) >= 11 is 2.57. The fraction of sp³-hybridized carbons (Fsp3) is 0.227. The van der Waals surface area contributed by atoms with Crippen molar-refractivity contribution in [2.24, 2.45) is 4.99 Å². The number of ether oxygens (including phenoxy) is 2. The smallest absolute Gasteiger partial charge is 0.338 e. The van der Waals surface area contributed by atoms with E-state index in [1.54, 1.807) is 19.9 Å². The number of nitro groups is 1. The number of carbonyl (C=O) groups excluding carboxylic acids is 1. The van der Waals surface area contributed by atoms with Gasteiger partial charge >= 0.3 is 5.97 Å². The van der Waals surface area contributed by atoms with E-state index in [2.05, 4.69) is 4.99 Å². The number of carbonyl (C=O) groups is 1. The first-order valence-electron chi connectivity index (χ1n) is 9.91. The van der Waals surface area contributed by atoms with E-state index >= 15 is 0 Å². The van der Waals surface area contributed by atoms with Gasteiger partial charge in [0.2, 0.25) is 0 Å². The van der Waals surface area contributed by atoms with Crippen LogP contribution >= 0.6 is 22.7 Å². The summed E-state index contributed by atoms with van der Waals surface area (Å²) < 4.78 is 12.4. The van der Waals surface area contributed by atoms with Gasteiger partial charge < -0.3 is 9.47 Å². The fourth-order valence-electron chi connectivity index (χ4n) is 3.60. The van der Waals surface area contributed by atoms with Crippen molar-refractivity contribution in [1.82, 2.24) is 4.57 Å². The van der Waals surface area contributed by atoms with Crippen LogP contribution in [0.3, 0.4) is 0 Å². The molecule has 0 saturated heterocycles. The van der Waals surface area contributed by atoms with Crippen molar-refractivity contribution in [3.63, 3.8) is 0 Å². The quantitative estimate of drug-likeness (QED) is 0.301. The van der Waals surface area contributed by atoms with Gasteiger partial charge in [0.15, 0.2) is 4.80 Å². The number of aromatic nitrogens is 1. The largest absolute Gasteiger partial charge is 0.496 e. The number of allylic oxidation sites excluding steroid dienone is 1. The average Bonchev–Trinajstić information content (AvgIpc) is 3.41. The highest BCUT2D eigenvalue weighted by atomic mass is 32.1. The standard InChI is InChI=1S/C22H19N3O6S2/c1-4-31-21(27)18-12(2)23-22-24(19(18)16-6-5-9-32-16)20(26)17(33-22)11-13-10-14(25(28)29)7-8-15(13)30-3/h5-11,19H,4H2,1-3H3/b17-11+/t19-/m1/s1. The molecule has 0 bridgehead atoms. The molecule has 33 heavy (non-hydrogen) atoms. The van der Waals surface area contributed by atoms with Crippen LogP contribution in [0.15, 0.2) is 56.8 Å². The molecule has 9 nitrogen and oxygen atoms in total. The Balaban J connectivity index is 1.95. The lowest BCUT2D eigenvalue weighted by molar-refractivity contribution is -0.384. The van der Waals surface area contributed by atoms with Gasteiger partial charge in [-0.25, -0.2) is 9.79 Å². The van der Waals surface area contributed by atoms with Crippen molar-refractivity contribution in [3.05, 3.63) is 87.2 Å². The van der Waals surface area contributed by atoms with Crippen molar-refractivity contribution < 1.29 is 19.2 Å². The van der Waals surface area contributed by atoms with Crippen LogP contribution in [0.1, 0.15) is 30.3 Å². The molecule has 1 atom stereocenters. The Morgan fingerprint density at radius 1 is 1.36 bits per heavy atom. The van der Waals surface area contributed by atoms with Gasteiger partial charge in [0.25, 0.3) is 11.2 Å². The number of hydrogen-bond acceptors (Lipinski definition) is 9. The molecule has 2 aromatic heterocycles. The molecule has 0 unspecified atom stereocenters. The number of nitrogens with zero attached hydrogens (tertiary/aromatic N) is 3. The number of thiazole rings is 1. The van der Waals surface area contributed by atoms with Gasteiger partial charge in [-0.15, -0.1) is 11.3 Å². The second kappa shape index (κ2) is 9.12. The number of rotatable bonds is 6. The molecule has 3 aromatic rings. The third kappa shape index (κ3) is 4.12. The monoisotopic (exact) mass is 485 g/mol. The van der Waals surface area contributed by atoms with E-state index in [-0.39, 0.29) is 17.9 Å². The Morgan fingerprint density at radius 3 is 2.79 bits per heavy atom. The number of benzene rings is 1. The van der Waals surface area contributed by atoms with E-state index in [9.17, 15) is 19.7 Å². The lowest BCUT2D eigenvalue weighted by atomic mass is 10.0. The van der Waals surface area contributed by atoms with Crippen LogP contribution in [0, 0.1) is 10.1 Å². The zero-order chi connectivity index (χ0) is 23.7. The molecule has 0 amide bonds. The van der Waals surface area contributed by atoms with Crippen molar-refractivity contribution in [2.45, 2.75) is 19.9 Å². The van der Waals surface area contributed by atoms with E-state index < -0.39 is 16.9 Å². The molecule has 0 saturated carbocycles. The van der Waals surface area contributed by atoms with Crippen LogP contribution in [0.2, 0.25) is 0 Å². The minimum absolute atomic E-state index is 0.119. The molecule has 1 aliphatic heterocycles. The third-order valence-corrected chi connectivity index (χ3v) is 6.95. The highest BCUT2D eigenvalue weighted by molar-refractivity contribution is 7.10. The molecular weight excluding hydrogens is 466 g/mol. The Kier molecular flexibility index (Phi) is 6.25. The first-order chi connectivity index (χ1) is 15.8. The highest BCUT2D eigenvalue weighted by Gasteiger charge is 2.33. The lowest BCUT2D eigenvalue weighted by Crippen LogP contribution is -2.39. The van der Waals surface area contributed by atoms with E-state index in [0.717, 1.165) is 16.2 Å². The maximum Gasteiger partial charge on any atom is 0.338 e. The second-order valence-electron chi connectivity index (χ2n) is 7.00. The van der Waals surface area contributed by atoms with Crippen LogP contribution in [-0.2, 0) is 9.53 Å². The summed E-state index contributed by atoms with van der Waals surface area (Å²) in [7, 11) is 1.45. The highest BCUT2D eigenvalue weighted by Crippen LogP contribution is 2.33. The SMILES string of the molecule is CCOC(=O)C1=C(C)N=c2s/c(=C/c3cc([N+](=O)[O-])ccc3OC)c(=O)n2[C@@H]1c1cccs1. The minimum Gasteiger partial charge on any atom is -0.496 e. The Morgan fingerprint density at radius 2 is 2.15 bits per heavy atom. The summed E-state index contributed by atoms with van der Waals surface area (Å²) in [5.41, 5.74) is 0.705. The van der Waals surface area contributed by atoms with E-state index in [0.29, 0.717) is 31.9 Å². The summed E-state index contributed by atoms with van der Waals surface area (Å²) in [6, 6.07) is 7.20. The summed E-state index contributed by atoms with van der Waals surface area (Å²) in [6.45, 7) is 3.63. The summed E-state index contributed by atoms with van der Waals surface area (Å²) in [6.07, 6.45) is 1.55. The fourth-order valence-corrected chi connectivity index (χ4v) is 5.46. The van der Waals surface area contributed by atoms with Gasteiger partial charge in [-0.1, -0.05) is 17.4 Å². The molecule has 0 fully saturated rings. The van der Waals surface area contributed by atoms with Crippen LogP contribution < -0.4 is 19.6 Å². The van der Waals surface area contributed by atoms with Gasteiger partial charge in [0.1, 0.15) is 11.8 Å². The Labute approximate surface area is 195 Å². The number of fused-ring (bicyclic) bond motifs is 1. The average molecular weight is 486 g/mol. The number of non-ortho nitro benzene ring substituents is 1. The van der Waals surface area contributed by atoms with E-state index in [1.807, 2.05) is 17.5 Å². The summed E-state index contributed by atoms with van der Waals surface area (Å²) in [5, 5.41) is 13.1. The van der Waals surface area contributed by atoms with Gasteiger partial charge in [-0.2, -0.15) is 0 Å². The number of esters is 1.